The third-order valence-electron chi connectivity index (χ3n) is 5.26. The van der Waals surface area contributed by atoms with E-state index in [4.69, 9.17) is 14.2 Å². The van der Waals surface area contributed by atoms with E-state index in [0.29, 0.717) is 25.1 Å². The van der Waals surface area contributed by atoms with Crippen LogP contribution in [0.4, 0.5) is 0 Å². The van der Waals surface area contributed by atoms with Gasteiger partial charge in [-0.15, -0.1) is 0 Å². The van der Waals surface area contributed by atoms with Crippen molar-refractivity contribution in [2.75, 3.05) is 45.0 Å². The summed E-state index contributed by atoms with van der Waals surface area (Å²) in [7, 11) is -1.64. The highest BCUT2D eigenvalue weighted by Crippen LogP contribution is 2.36. The Morgan fingerprint density at radius 3 is 2.29 bits per heavy atom. The van der Waals surface area contributed by atoms with Crippen molar-refractivity contribution in [2.24, 2.45) is 0 Å². The first-order chi connectivity index (χ1) is 16.3. The number of Topliss-reactive ketones (excluding diaryl/α,β-unsaturated/α-hetero) is 1. The van der Waals surface area contributed by atoms with Gasteiger partial charge in [0.15, 0.2) is 5.78 Å². The quantitative estimate of drug-likeness (QED) is 0.131. The molecule has 1 aromatic carbocycles. The minimum Gasteiger partial charge on any atom is -0.385 e. The lowest BCUT2D eigenvalue weighted by atomic mass is 10.1. The normalized spacial score (nSPS) is 12.9. The number of carbonyl (C=O) groups excluding carboxylic acids is 2. The fourth-order valence-electron chi connectivity index (χ4n) is 3.30. The summed E-state index contributed by atoms with van der Waals surface area (Å²) in [6.07, 6.45) is 9.09. The van der Waals surface area contributed by atoms with E-state index in [0.717, 1.165) is 62.0 Å². The lowest BCUT2D eigenvalue weighted by Crippen LogP contribution is -2.24. The van der Waals surface area contributed by atoms with Gasteiger partial charge in [-0.1, -0.05) is 49.9 Å². The Balaban J connectivity index is 2.09. The molecule has 0 aliphatic rings. The van der Waals surface area contributed by atoms with Crippen LogP contribution in [0.15, 0.2) is 24.3 Å². The average Bonchev–Trinajstić information content (AvgIpc) is 2.80. The smallest absolute Gasteiger partial charge is 0.325 e. The summed E-state index contributed by atoms with van der Waals surface area (Å²) < 4.78 is 20.9. The van der Waals surface area contributed by atoms with Crippen LogP contribution in [0.25, 0.3) is 0 Å². The lowest BCUT2D eigenvalue weighted by molar-refractivity contribution is -0.121. The van der Waals surface area contributed by atoms with E-state index in [1.165, 1.54) is 19.5 Å². The predicted molar refractivity (Wildman–Crippen MR) is 140 cm³/mol. The van der Waals surface area contributed by atoms with Gasteiger partial charge in [0.25, 0.3) is 0 Å². The van der Waals surface area contributed by atoms with Crippen LogP contribution in [0.5, 0.6) is 0 Å². The van der Waals surface area contributed by atoms with Gasteiger partial charge in [-0.3, -0.25) is 14.2 Å². The number of benzene rings is 1. The maximum atomic E-state index is 12.3. The van der Waals surface area contributed by atoms with E-state index in [-0.39, 0.29) is 18.3 Å². The molecule has 0 radical (unpaired) electrons. The van der Waals surface area contributed by atoms with Crippen LogP contribution in [-0.4, -0.2) is 61.6 Å². The Labute approximate surface area is 209 Å². The zero-order valence-corrected chi connectivity index (χ0v) is 22.5. The molecule has 34 heavy (non-hydrogen) atoms. The predicted octanol–water partition coefficient (Wildman–Crippen LogP) is 5.25. The zero-order valence-electron chi connectivity index (χ0n) is 20.8. The maximum absolute atomic E-state index is 12.3. The summed E-state index contributed by atoms with van der Waals surface area (Å²) in [4.78, 5) is 33.4. The summed E-state index contributed by atoms with van der Waals surface area (Å²) in [5, 5.41) is 2.93. The van der Waals surface area contributed by atoms with E-state index >= 15 is 0 Å². The van der Waals surface area contributed by atoms with Crippen LogP contribution < -0.4 is 5.32 Å². The first kappa shape index (κ1) is 30.9. The summed E-state index contributed by atoms with van der Waals surface area (Å²) in [6, 6.07) is 7.59. The van der Waals surface area contributed by atoms with Crippen LogP contribution in [0, 0.1) is 0 Å². The van der Waals surface area contributed by atoms with Gasteiger partial charge in [0, 0.05) is 38.9 Å². The highest BCUT2D eigenvalue weighted by atomic mass is 32.2. The van der Waals surface area contributed by atoms with Crippen molar-refractivity contribution < 1.29 is 28.3 Å². The van der Waals surface area contributed by atoms with Crippen LogP contribution >= 0.6 is 19.4 Å². The maximum Gasteiger partial charge on any atom is 0.325 e. The average molecular weight is 516 g/mol. The number of unbranched alkanes of at least 4 members (excludes halogenated alkanes) is 6. The molecule has 1 rings (SSSR count). The van der Waals surface area contributed by atoms with Crippen molar-refractivity contribution >= 4 is 31.0 Å². The third-order valence-corrected chi connectivity index (χ3v) is 6.97. The first-order valence-corrected chi connectivity index (χ1v) is 15.4. The molecular formula is C25H42NO6PS. The molecule has 0 fully saturated rings. The number of ketones is 1. The standard InChI is InChI=1S/C25H42NO6PS/c1-31-18-8-5-6-10-20-34-21-24(27)23-14-11-22(12-15-23)13-16-25(28)26-17-7-3-4-9-19-32-33(2,29)30/h11-12,14-15H,3-10,13,16-21H2,1-2H3,(H,26,28)(H,29,30). The fraction of sp³-hybridized carbons (Fsp3) is 0.680. The molecule has 1 amide bonds. The molecule has 0 saturated carbocycles. The molecule has 0 aliphatic carbocycles. The second kappa shape index (κ2) is 19.1. The molecule has 0 aliphatic heterocycles. The summed E-state index contributed by atoms with van der Waals surface area (Å²) >= 11 is 1.69. The topological polar surface area (TPSA) is 102 Å². The van der Waals surface area contributed by atoms with Gasteiger partial charge in [0.1, 0.15) is 0 Å². The minimum absolute atomic E-state index is 0.0225. The number of ether oxygens (including phenoxy) is 1. The Hall–Kier alpha value is -1.18. The Morgan fingerprint density at radius 2 is 1.62 bits per heavy atom. The number of amides is 1. The van der Waals surface area contributed by atoms with Crippen LogP contribution in [-0.2, 0) is 25.0 Å². The monoisotopic (exact) mass is 515 g/mol. The van der Waals surface area contributed by atoms with Crippen molar-refractivity contribution in [3.05, 3.63) is 35.4 Å². The molecule has 1 aromatic rings. The van der Waals surface area contributed by atoms with Crippen LogP contribution in [0.3, 0.4) is 0 Å². The second-order valence-electron chi connectivity index (χ2n) is 8.48. The molecule has 9 heteroatoms. The van der Waals surface area contributed by atoms with Crippen molar-refractivity contribution in [2.45, 2.75) is 64.2 Å². The number of aryl methyl sites for hydroxylation is 1. The Bertz CT molecular complexity index is 737. The summed E-state index contributed by atoms with van der Waals surface area (Å²) in [5.74, 6) is 1.69. The van der Waals surface area contributed by atoms with Gasteiger partial charge < -0.3 is 19.5 Å². The van der Waals surface area contributed by atoms with Gasteiger partial charge in [0.05, 0.1) is 12.4 Å². The van der Waals surface area contributed by atoms with Crippen molar-refractivity contribution in [1.29, 1.82) is 0 Å². The number of methoxy groups -OCH3 is 1. The molecule has 0 spiro atoms. The molecule has 2 N–H and O–H groups in total. The van der Waals surface area contributed by atoms with Crippen LogP contribution in [0.2, 0.25) is 0 Å². The van der Waals surface area contributed by atoms with E-state index in [1.807, 2.05) is 24.3 Å². The zero-order chi connectivity index (χ0) is 25.1. The molecule has 0 bridgehead atoms. The lowest BCUT2D eigenvalue weighted by Gasteiger charge is -2.07. The van der Waals surface area contributed by atoms with E-state index in [1.54, 1.807) is 18.9 Å². The van der Waals surface area contributed by atoms with Crippen LogP contribution in [0.1, 0.15) is 73.7 Å². The third kappa shape index (κ3) is 17.3. The van der Waals surface area contributed by atoms with E-state index < -0.39 is 7.60 Å². The van der Waals surface area contributed by atoms with Gasteiger partial charge in [-0.05, 0) is 43.4 Å². The molecule has 0 aromatic heterocycles. The molecule has 7 nitrogen and oxygen atoms in total. The van der Waals surface area contributed by atoms with Crippen molar-refractivity contribution in [1.82, 2.24) is 5.32 Å². The molecular weight excluding hydrogens is 473 g/mol. The highest BCUT2D eigenvalue weighted by molar-refractivity contribution is 7.99. The Morgan fingerprint density at radius 1 is 0.971 bits per heavy atom. The summed E-state index contributed by atoms with van der Waals surface area (Å²) in [5.41, 5.74) is 1.78. The Kier molecular flexibility index (Phi) is 17.3. The molecule has 0 heterocycles. The number of thioether (sulfide) groups is 1. The van der Waals surface area contributed by atoms with Crippen molar-refractivity contribution in [3.8, 4) is 0 Å². The SMILES string of the molecule is COCCCCCCSCC(=O)c1ccc(CCC(=O)NCCCCCCOP(C)(=O)O)cc1. The van der Waals surface area contributed by atoms with Gasteiger partial charge in [-0.25, -0.2) is 0 Å². The molecule has 1 atom stereocenters. The fourth-order valence-corrected chi connectivity index (χ4v) is 4.67. The van der Waals surface area contributed by atoms with Crippen molar-refractivity contribution in [3.63, 3.8) is 0 Å². The minimum atomic E-state index is -3.37. The number of carbonyl (C=O) groups is 2. The number of nitrogens with one attached hydrogen (secondary N) is 1. The number of hydrogen-bond donors (Lipinski definition) is 2. The molecule has 194 valence electrons. The molecule has 1 unspecified atom stereocenters. The molecule has 0 saturated heterocycles. The second-order valence-corrected chi connectivity index (χ2v) is 11.4. The van der Waals surface area contributed by atoms with Gasteiger partial charge in [-0.2, -0.15) is 11.8 Å². The van der Waals surface area contributed by atoms with Gasteiger partial charge >= 0.3 is 7.60 Å². The van der Waals surface area contributed by atoms with E-state index in [2.05, 4.69) is 5.32 Å². The van der Waals surface area contributed by atoms with E-state index in [9.17, 15) is 14.2 Å². The highest BCUT2D eigenvalue weighted by Gasteiger charge is 2.09. The summed E-state index contributed by atoms with van der Waals surface area (Å²) in [6.45, 7) is 2.92. The number of rotatable bonds is 21. The van der Waals surface area contributed by atoms with Gasteiger partial charge in [0.2, 0.25) is 5.91 Å². The first-order valence-electron chi connectivity index (χ1n) is 12.2. The number of hydrogen-bond acceptors (Lipinski definition) is 6. The largest absolute Gasteiger partial charge is 0.385 e.